The Morgan fingerprint density at radius 3 is 0.723 bits per heavy atom. The van der Waals surface area contributed by atoms with E-state index in [4.69, 9.17) is 37.0 Å². The van der Waals surface area contributed by atoms with Crippen molar-refractivity contribution >= 4 is 39.5 Å². The highest BCUT2D eigenvalue weighted by Gasteiger charge is 2.30. The molecule has 0 aromatic carbocycles. The summed E-state index contributed by atoms with van der Waals surface area (Å²) in [7, 11) is -10.0. The van der Waals surface area contributed by atoms with E-state index in [-0.39, 0.29) is 25.7 Å². The van der Waals surface area contributed by atoms with Crippen molar-refractivity contribution in [3.8, 4) is 0 Å². The molecule has 0 saturated carbocycles. The highest BCUT2D eigenvalue weighted by atomic mass is 31.2. The lowest BCUT2D eigenvalue weighted by Gasteiger charge is -2.21. The van der Waals surface area contributed by atoms with Gasteiger partial charge in [-0.15, -0.1) is 0 Å². The Kier molecular flexibility index (Phi) is 77.9. The Morgan fingerprint density at radius 1 is 0.250 bits per heavy atom. The number of aliphatic hydroxyl groups excluding tert-OH is 1. The number of carbonyl (C=O) groups excluding carboxylic acids is 4. The zero-order chi connectivity index (χ0) is 81.7. The molecule has 0 radical (unpaired) electrons. The van der Waals surface area contributed by atoms with E-state index in [1.165, 1.54) is 0 Å². The van der Waals surface area contributed by atoms with E-state index in [1.54, 1.807) is 0 Å². The minimum Gasteiger partial charge on any atom is -0.462 e. The van der Waals surface area contributed by atoms with Crippen molar-refractivity contribution in [3.63, 3.8) is 0 Å². The van der Waals surface area contributed by atoms with Crippen LogP contribution >= 0.6 is 15.6 Å². The molecule has 0 fully saturated rings. The van der Waals surface area contributed by atoms with Crippen LogP contribution in [0.2, 0.25) is 0 Å². The molecule has 0 aliphatic rings. The van der Waals surface area contributed by atoms with E-state index >= 15 is 0 Å². The fourth-order valence-corrected chi connectivity index (χ4v) is 12.1. The van der Waals surface area contributed by atoms with Gasteiger partial charge in [-0.3, -0.25) is 37.3 Å². The van der Waals surface area contributed by atoms with Crippen LogP contribution in [0.1, 0.15) is 297 Å². The number of ether oxygens (including phenoxy) is 4. The SMILES string of the molecule is CC/C=C\C/C=C\C/C=C\C/C=C\C/C=C\C/C=C\CCC(=O)OCC(COP(=O)(O)OCC(O)COP(=O)(O)OCC(COC(=O)CCCCCCCC/C=C\C/C=C\C/C=C\C/C=C\CC)OC(=O)CCCCCC/C=C\C/C=C\C/C=C\C/C=C\CC)OC(=O)CCCCCCCCC/C=C\C/C=C\C/C=C\CC. The zero-order valence-electron chi connectivity index (χ0n) is 69.3. The third-order valence-electron chi connectivity index (χ3n) is 16.7. The lowest BCUT2D eigenvalue weighted by molar-refractivity contribution is -0.161. The number of esters is 4. The molecule has 0 aliphatic heterocycles. The molecular formula is C93H148O17P2. The first-order chi connectivity index (χ1) is 54.7. The highest BCUT2D eigenvalue weighted by Crippen LogP contribution is 2.45. The molecule has 5 atom stereocenters. The molecular weight excluding hydrogens is 1450 g/mol. The third kappa shape index (κ3) is 81.6. The van der Waals surface area contributed by atoms with Crippen LogP contribution in [0.3, 0.4) is 0 Å². The van der Waals surface area contributed by atoms with E-state index in [0.29, 0.717) is 32.1 Å². The molecule has 5 unspecified atom stereocenters. The van der Waals surface area contributed by atoms with Gasteiger partial charge in [0.2, 0.25) is 0 Å². The summed E-state index contributed by atoms with van der Waals surface area (Å²) >= 11 is 0. The van der Waals surface area contributed by atoms with Crippen LogP contribution in [-0.2, 0) is 65.4 Å². The molecule has 112 heavy (non-hydrogen) atoms. The number of hydrogen-bond donors (Lipinski definition) is 3. The summed E-state index contributed by atoms with van der Waals surface area (Å²) in [6, 6.07) is 0. The highest BCUT2D eigenvalue weighted by molar-refractivity contribution is 7.47. The lowest BCUT2D eigenvalue weighted by Crippen LogP contribution is -2.30. The largest absolute Gasteiger partial charge is 0.472 e. The number of allylic oxidation sites excluding steroid dienone is 34. The van der Waals surface area contributed by atoms with Crippen molar-refractivity contribution in [2.75, 3.05) is 39.6 Å². The Balaban J connectivity index is 5.51. The van der Waals surface area contributed by atoms with Crippen molar-refractivity contribution in [1.82, 2.24) is 0 Å². The van der Waals surface area contributed by atoms with Gasteiger partial charge in [-0.25, -0.2) is 9.13 Å². The van der Waals surface area contributed by atoms with Gasteiger partial charge in [-0.05, 0) is 173 Å². The fourth-order valence-electron chi connectivity index (χ4n) is 10.5. The Bertz CT molecular complexity index is 2940. The summed E-state index contributed by atoms with van der Waals surface area (Å²) in [6.07, 6.45) is 104. The number of carbonyl (C=O) groups is 4. The third-order valence-corrected chi connectivity index (χ3v) is 18.6. The summed E-state index contributed by atoms with van der Waals surface area (Å²) in [6.45, 7) is 4.28. The molecule has 0 heterocycles. The average Bonchev–Trinajstić information content (AvgIpc) is 0.895. The van der Waals surface area contributed by atoms with Crippen molar-refractivity contribution in [1.29, 1.82) is 0 Å². The van der Waals surface area contributed by atoms with Gasteiger partial charge in [0.1, 0.15) is 19.3 Å². The summed E-state index contributed by atoms with van der Waals surface area (Å²) in [4.78, 5) is 73.3. The minimum atomic E-state index is -5.02. The fraction of sp³-hybridized carbons (Fsp3) is 0.591. The number of aliphatic hydroxyl groups is 1. The number of rotatable bonds is 77. The van der Waals surface area contributed by atoms with Crippen molar-refractivity contribution < 1.29 is 80.2 Å². The number of hydrogen-bond acceptors (Lipinski definition) is 15. The first kappa shape index (κ1) is 106. The van der Waals surface area contributed by atoms with Gasteiger partial charge in [0, 0.05) is 25.7 Å². The molecule has 0 bridgehead atoms. The molecule has 3 N–H and O–H groups in total. The predicted molar refractivity (Wildman–Crippen MR) is 463 cm³/mol. The first-order valence-electron chi connectivity index (χ1n) is 42.3. The molecule has 0 amide bonds. The number of phosphoric ester groups is 2. The summed E-state index contributed by atoms with van der Waals surface area (Å²) < 4.78 is 68.7. The second kappa shape index (κ2) is 82.6. The van der Waals surface area contributed by atoms with Gasteiger partial charge in [-0.2, -0.15) is 0 Å². The zero-order valence-corrected chi connectivity index (χ0v) is 71.0. The molecule has 0 aromatic heterocycles. The predicted octanol–water partition coefficient (Wildman–Crippen LogP) is 25.4. The molecule has 0 aliphatic carbocycles. The van der Waals surface area contributed by atoms with E-state index in [0.717, 1.165) is 212 Å². The van der Waals surface area contributed by atoms with Gasteiger partial charge < -0.3 is 33.8 Å². The van der Waals surface area contributed by atoms with Crippen LogP contribution in [0.5, 0.6) is 0 Å². The maximum absolute atomic E-state index is 13.1. The Hall–Kier alpha value is -6.36. The molecule has 0 saturated heterocycles. The van der Waals surface area contributed by atoms with Gasteiger partial charge >= 0.3 is 39.5 Å². The van der Waals surface area contributed by atoms with Crippen LogP contribution in [0.25, 0.3) is 0 Å². The molecule has 0 aromatic rings. The van der Waals surface area contributed by atoms with Crippen LogP contribution in [0.4, 0.5) is 0 Å². The second-order valence-corrected chi connectivity index (χ2v) is 30.1. The standard InChI is InChI=1S/C93H148O17P2/c1-5-9-13-17-21-25-29-33-37-41-43-47-49-53-57-61-65-69-73-77-90(95)103-83-88(109-92(97)79-75-71-67-63-59-55-51-45-39-35-31-27-23-19-15-11-7-3)85-107-111(99,100)105-81-87(94)82-106-112(101,102)108-86-89(110-93(98)80-76-72-68-64-60-56-52-46-40-36-32-28-24-20-16-12-8-4)84-104-91(96)78-74-70-66-62-58-54-50-48-44-42-38-34-30-26-22-18-14-10-6-2/h9-16,21-28,33-40,43-44,47-48,51,54-55,58,66,70,87-89,94H,5-8,17-20,29-32,41-42,45-46,49-50,52-53,56-57,59-65,67-69,71-86H2,1-4H3,(H,99,100)(H,101,102)/b13-9-,14-10-,15-11-,16-12-,25-21-,26-22-,27-23-,28-24-,37-33-,38-34-,39-35-,40-36-,47-43-,48-44-,55-51-,58-54-,70-66-. The van der Waals surface area contributed by atoms with E-state index < -0.39 is 97.5 Å². The minimum absolute atomic E-state index is 0.0254. The second-order valence-electron chi connectivity index (χ2n) is 27.2. The van der Waals surface area contributed by atoms with E-state index in [9.17, 15) is 43.2 Å². The van der Waals surface area contributed by atoms with Gasteiger partial charge in [-0.1, -0.05) is 305 Å². The maximum atomic E-state index is 13.1. The molecule has 0 rings (SSSR count). The molecule has 17 nitrogen and oxygen atoms in total. The summed E-state index contributed by atoms with van der Waals surface area (Å²) in [5.41, 5.74) is 0. The van der Waals surface area contributed by atoms with Crippen LogP contribution in [0, 0.1) is 0 Å². The van der Waals surface area contributed by atoms with Crippen molar-refractivity contribution in [3.05, 3.63) is 207 Å². The van der Waals surface area contributed by atoms with Gasteiger partial charge in [0.05, 0.1) is 26.4 Å². The van der Waals surface area contributed by atoms with Gasteiger partial charge in [0.15, 0.2) is 12.2 Å². The molecule has 0 spiro atoms. The lowest BCUT2D eigenvalue weighted by atomic mass is 10.1. The van der Waals surface area contributed by atoms with Gasteiger partial charge in [0.25, 0.3) is 0 Å². The smallest absolute Gasteiger partial charge is 0.462 e. The maximum Gasteiger partial charge on any atom is 0.472 e. The monoisotopic (exact) mass is 1600 g/mol. The molecule has 632 valence electrons. The molecule has 19 heteroatoms. The summed E-state index contributed by atoms with van der Waals surface area (Å²) in [5, 5.41) is 10.7. The summed E-state index contributed by atoms with van der Waals surface area (Å²) in [5.74, 6) is -2.34. The van der Waals surface area contributed by atoms with E-state index in [1.807, 2.05) is 18.2 Å². The Labute approximate surface area is 678 Å². The quantitative estimate of drug-likeness (QED) is 0.0169. The Morgan fingerprint density at radius 2 is 0.455 bits per heavy atom. The average molecular weight is 1600 g/mol. The number of unbranched alkanes of at least 4 members (excludes halogenated alkanes) is 17. The number of phosphoric acid groups is 2. The van der Waals surface area contributed by atoms with Crippen molar-refractivity contribution in [2.45, 2.75) is 316 Å². The normalized spacial score (nSPS) is 14.8. The van der Waals surface area contributed by atoms with Crippen molar-refractivity contribution in [2.24, 2.45) is 0 Å². The van der Waals surface area contributed by atoms with Crippen LogP contribution in [0.15, 0.2) is 207 Å². The van der Waals surface area contributed by atoms with E-state index in [2.05, 4.69) is 216 Å². The first-order valence-corrected chi connectivity index (χ1v) is 45.3. The van der Waals surface area contributed by atoms with Crippen LogP contribution in [-0.4, -0.2) is 96.7 Å². The van der Waals surface area contributed by atoms with Crippen LogP contribution < -0.4 is 0 Å². The topological polar surface area (TPSA) is 237 Å².